The van der Waals surface area contributed by atoms with Crippen LogP contribution in [0.1, 0.15) is 17.9 Å². The lowest BCUT2D eigenvalue weighted by atomic mass is 10.2. The first-order valence-corrected chi connectivity index (χ1v) is 10.5. The lowest BCUT2D eigenvalue weighted by Gasteiger charge is -2.14. The Kier molecular flexibility index (Phi) is 9.79. The molecule has 0 aliphatic rings. The van der Waals surface area contributed by atoms with Gasteiger partial charge in [-0.2, -0.15) is 0 Å². The Morgan fingerprint density at radius 2 is 2.00 bits per heavy atom. The zero-order chi connectivity index (χ0) is 18.3. The number of benzene rings is 1. The molecule has 7 nitrogen and oxygen atoms in total. The van der Waals surface area contributed by atoms with Crippen molar-refractivity contribution >= 4 is 61.4 Å². The topological polar surface area (TPSA) is 103 Å². The van der Waals surface area contributed by atoms with Crippen LogP contribution in [0.2, 0.25) is 0 Å². The summed E-state index contributed by atoms with van der Waals surface area (Å²) in [5.41, 5.74) is 0. The van der Waals surface area contributed by atoms with Gasteiger partial charge >= 0.3 is 0 Å². The van der Waals surface area contributed by atoms with Crippen LogP contribution >= 0.6 is 35.3 Å². The molecule has 0 amide bonds. The van der Waals surface area contributed by atoms with Gasteiger partial charge in [0.05, 0.1) is 5.75 Å². The summed E-state index contributed by atoms with van der Waals surface area (Å²) in [7, 11) is -1.57. The van der Waals surface area contributed by atoms with Crippen LogP contribution in [0.15, 0.2) is 35.3 Å². The van der Waals surface area contributed by atoms with Gasteiger partial charge in [0.2, 0.25) is 10.0 Å². The van der Waals surface area contributed by atoms with Crippen molar-refractivity contribution in [3.63, 3.8) is 0 Å². The number of guanidine groups is 1. The van der Waals surface area contributed by atoms with Crippen LogP contribution in [0.25, 0.3) is 10.1 Å². The number of hydrogen-bond donors (Lipinski definition) is 4. The maximum Gasteiger partial charge on any atom is 0.211 e. The minimum atomic E-state index is -3.19. The van der Waals surface area contributed by atoms with Gasteiger partial charge in [0, 0.05) is 36.3 Å². The molecule has 0 bridgehead atoms. The second-order valence-corrected chi connectivity index (χ2v) is 8.59. The number of aliphatic hydroxyl groups excluding tert-OH is 1. The normalized spacial score (nSPS) is 13.3. The summed E-state index contributed by atoms with van der Waals surface area (Å²) in [5, 5.41) is 17.5. The third-order valence-electron chi connectivity index (χ3n) is 3.58. The highest BCUT2D eigenvalue weighted by atomic mass is 127. The van der Waals surface area contributed by atoms with Crippen LogP contribution in [-0.4, -0.2) is 51.9 Å². The quantitative estimate of drug-likeness (QED) is 0.187. The van der Waals surface area contributed by atoms with Crippen molar-refractivity contribution in [2.75, 3.05) is 32.4 Å². The first-order chi connectivity index (χ1) is 11.9. The molecule has 0 saturated carbocycles. The van der Waals surface area contributed by atoms with E-state index < -0.39 is 16.1 Å². The van der Waals surface area contributed by atoms with Crippen molar-refractivity contribution in [3.05, 3.63) is 35.2 Å². The standard InChI is InChI=1S/C16H24N4O3S2.HI/c1-3-25(22,23)20-9-8-18-16(17-2)19-11-13(21)15-10-12-6-4-5-7-14(12)24-15;/h4-7,10,13,20-21H,3,8-9,11H2,1-2H3,(H2,17,18,19);1H. The highest BCUT2D eigenvalue weighted by Crippen LogP contribution is 2.29. The molecular weight excluding hydrogens is 487 g/mol. The van der Waals surface area contributed by atoms with Gasteiger partial charge in [0.1, 0.15) is 6.10 Å². The van der Waals surface area contributed by atoms with Crippen molar-refractivity contribution in [1.29, 1.82) is 0 Å². The number of thiophene rings is 1. The molecule has 1 atom stereocenters. The van der Waals surface area contributed by atoms with Gasteiger partial charge in [-0.1, -0.05) is 18.2 Å². The Morgan fingerprint density at radius 1 is 1.27 bits per heavy atom. The van der Waals surface area contributed by atoms with E-state index in [1.54, 1.807) is 25.3 Å². The van der Waals surface area contributed by atoms with Crippen molar-refractivity contribution in [2.24, 2.45) is 4.99 Å². The molecule has 2 rings (SSSR count). The molecule has 1 unspecified atom stereocenters. The molecule has 0 aliphatic heterocycles. The largest absolute Gasteiger partial charge is 0.386 e. The average Bonchev–Trinajstić information content (AvgIpc) is 3.05. The minimum absolute atomic E-state index is 0. The number of nitrogens with one attached hydrogen (secondary N) is 3. The molecular formula is C16H25IN4O3S2. The van der Waals surface area contributed by atoms with E-state index >= 15 is 0 Å². The van der Waals surface area contributed by atoms with E-state index in [9.17, 15) is 13.5 Å². The first kappa shape index (κ1) is 23.1. The third-order valence-corrected chi connectivity index (χ3v) is 6.20. The number of halogens is 1. The van der Waals surface area contributed by atoms with Crippen molar-refractivity contribution in [3.8, 4) is 0 Å². The number of nitrogens with zero attached hydrogens (tertiary/aromatic N) is 1. The van der Waals surface area contributed by atoms with E-state index in [4.69, 9.17) is 0 Å². The SMILES string of the molecule is CCS(=O)(=O)NCCNC(=NC)NCC(O)c1cc2ccccc2s1.I. The van der Waals surface area contributed by atoms with Crippen LogP contribution in [0.5, 0.6) is 0 Å². The molecule has 0 aliphatic carbocycles. The molecule has 1 aromatic heterocycles. The molecule has 0 fully saturated rings. The lowest BCUT2D eigenvalue weighted by Crippen LogP contribution is -2.42. The molecule has 4 N–H and O–H groups in total. The highest BCUT2D eigenvalue weighted by Gasteiger charge is 2.12. The van der Waals surface area contributed by atoms with E-state index in [0.717, 1.165) is 15.0 Å². The summed E-state index contributed by atoms with van der Waals surface area (Å²) in [6.07, 6.45) is -0.644. The van der Waals surface area contributed by atoms with Crippen molar-refractivity contribution < 1.29 is 13.5 Å². The van der Waals surface area contributed by atoms with Gasteiger partial charge in [-0.3, -0.25) is 4.99 Å². The van der Waals surface area contributed by atoms with E-state index in [1.165, 1.54) is 0 Å². The van der Waals surface area contributed by atoms with Gasteiger partial charge in [-0.25, -0.2) is 13.1 Å². The molecule has 0 saturated heterocycles. The van der Waals surface area contributed by atoms with Crippen molar-refractivity contribution in [2.45, 2.75) is 13.0 Å². The first-order valence-electron chi connectivity index (χ1n) is 8.03. The maximum absolute atomic E-state index is 11.3. The number of aliphatic hydroxyl groups is 1. The predicted octanol–water partition coefficient (Wildman–Crippen LogP) is 1.66. The number of hydrogen-bond acceptors (Lipinski definition) is 5. The molecule has 10 heteroatoms. The summed E-state index contributed by atoms with van der Waals surface area (Å²) in [6, 6.07) is 9.99. The van der Waals surface area contributed by atoms with E-state index in [2.05, 4.69) is 20.3 Å². The maximum atomic E-state index is 11.3. The highest BCUT2D eigenvalue weighted by molar-refractivity contribution is 14.0. The second-order valence-electron chi connectivity index (χ2n) is 5.38. The average molecular weight is 512 g/mol. The van der Waals surface area contributed by atoms with Crippen LogP contribution in [0.3, 0.4) is 0 Å². The fourth-order valence-electron chi connectivity index (χ4n) is 2.17. The predicted molar refractivity (Wildman–Crippen MR) is 119 cm³/mol. The van der Waals surface area contributed by atoms with Gasteiger partial charge < -0.3 is 15.7 Å². The Bertz CT molecular complexity index is 791. The molecule has 146 valence electrons. The summed E-state index contributed by atoms with van der Waals surface area (Å²) < 4.78 is 26.3. The number of sulfonamides is 1. The molecule has 0 radical (unpaired) electrons. The zero-order valence-electron chi connectivity index (χ0n) is 14.7. The van der Waals surface area contributed by atoms with E-state index in [-0.39, 0.29) is 36.3 Å². The monoisotopic (exact) mass is 512 g/mol. The summed E-state index contributed by atoms with van der Waals surface area (Å²) in [5.74, 6) is 0.567. The summed E-state index contributed by atoms with van der Waals surface area (Å²) in [4.78, 5) is 4.95. The summed E-state index contributed by atoms with van der Waals surface area (Å²) >= 11 is 1.56. The van der Waals surface area contributed by atoms with Gasteiger partial charge in [0.25, 0.3) is 0 Å². The molecule has 1 aromatic carbocycles. The van der Waals surface area contributed by atoms with Crippen LogP contribution in [0.4, 0.5) is 0 Å². The van der Waals surface area contributed by atoms with Crippen LogP contribution < -0.4 is 15.4 Å². The number of fused-ring (bicyclic) bond motifs is 1. The number of aliphatic imine (C=N–C) groups is 1. The Balaban J connectivity index is 0.00000338. The van der Waals surface area contributed by atoms with Crippen LogP contribution in [0, 0.1) is 0 Å². The third kappa shape index (κ3) is 6.99. The number of rotatable bonds is 8. The van der Waals surface area contributed by atoms with Gasteiger partial charge in [0.15, 0.2) is 5.96 Å². The van der Waals surface area contributed by atoms with Gasteiger partial charge in [-0.15, -0.1) is 35.3 Å². The fraction of sp³-hybridized carbons (Fsp3) is 0.438. The van der Waals surface area contributed by atoms with Gasteiger partial charge in [-0.05, 0) is 24.4 Å². The summed E-state index contributed by atoms with van der Waals surface area (Å²) in [6.45, 7) is 2.58. The minimum Gasteiger partial charge on any atom is -0.386 e. The van der Waals surface area contributed by atoms with Crippen LogP contribution in [-0.2, 0) is 10.0 Å². The van der Waals surface area contributed by atoms with E-state index in [0.29, 0.717) is 19.0 Å². The Hall–Kier alpha value is -0.950. The fourth-order valence-corrected chi connectivity index (χ4v) is 3.84. The Labute approximate surface area is 175 Å². The molecule has 0 spiro atoms. The molecule has 1 heterocycles. The van der Waals surface area contributed by atoms with E-state index in [1.807, 2.05) is 30.3 Å². The molecule has 26 heavy (non-hydrogen) atoms. The lowest BCUT2D eigenvalue weighted by molar-refractivity contribution is 0.184. The molecule has 2 aromatic rings. The second kappa shape index (κ2) is 11.0. The Morgan fingerprint density at radius 3 is 2.65 bits per heavy atom. The zero-order valence-corrected chi connectivity index (χ0v) is 18.7. The van der Waals surface area contributed by atoms with Crippen molar-refractivity contribution in [1.82, 2.24) is 15.4 Å². The smallest absolute Gasteiger partial charge is 0.211 e.